The zero-order valence-electron chi connectivity index (χ0n) is 14.5. The number of amides is 1. The number of nitrogens with two attached hydrogens (primary N) is 1. The zero-order chi connectivity index (χ0) is 18.0. The average Bonchev–Trinajstić information content (AvgIpc) is 2.94. The van der Waals surface area contributed by atoms with Crippen molar-refractivity contribution in [3.05, 3.63) is 47.5 Å². The van der Waals surface area contributed by atoms with E-state index in [4.69, 9.17) is 10.5 Å². The number of carbonyl (C=O) groups is 1. The molecule has 0 fully saturated rings. The van der Waals surface area contributed by atoms with E-state index in [2.05, 4.69) is 24.1 Å². The molecule has 6 heteroatoms. The largest absolute Gasteiger partial charge is 0.484 e. The SMILES string of the molecule is Cc1cc(NC(=O)COc2ccc(C(C)C)cc2)cc2sc(N)nc12. The quantitative estimate of drug-likeness (QED) is 0.714. The molecule has 0 atom stereocenters. The molecule has 25 heavy (non-hydrogen) atoms. The number of nitrogen functional groups attached to an aromatic ring is 1. The maximum absolute atomic E-state index is 12.1. The summed E-state index contributed by atoms with van der Waals surface area (Å²) in [7, 11) is 0. The topological polar surface area (TPSA) is 77.2 Å². The average molecular weight is 355 g/mol. The highest BCUT2D eigenvalue weighted by molar-refractivity contribution is 7.22. The van der Waals surface area contributed by atoms with Gasteiger partial charge in [0.1, 0.15) is 5.75 Å². The lowest BCUT2D eigenvalue weighted by Crippen LogP contribution is -2.20. The number of nitrogens with one attached hydrogen (secondary N) is 1. The lowest BCUT2D eigenvalue weighted by atomic mass is 10.0. The van der Waals surface area contributed by atoms with Crippen LogP contribution in [-0.4, -0.2) is 17.5 Å². The molecule has 0 aliphatic heterocycles. The summed E-state index contributed by atoms with van der Waals surface area (Å²) in [5.41, 5.74) is 9.57. The fourth-order valence-electron chi connectivity index (χ4n) is 2.58. The molecule has 2 aromatic carbocycles. The second kappa shape index (κ2) is 7.11. The van der Waals surface area contributed by atoms with Crippen molar-refractivity contribution < 1.29 is 9.53 Å². The molecule has 130 valence electrons. The van der Waals surface area contributed by atoms with Crippen molar-refractivity contribution in [1.29, 1.82) is 0 Å². The molecule has 0 unspecified atom stereocenters. The summed E-state index contributed by atoms with van der Waals surface area (Å²) in [6.45, 7) is 6.19. The van der Waals surface area contributed by atoms with Crippen molar-refractivity contribution >= 4 is 38.3 Å². The van der Waals surface area contributed by atoms with Crippen LogP contribution < -0.4 is 15.8 Å². The summed E-state index contributed by atoms with van der Waals surface area (Å²) in [5.74, 6) is 0.946. The Morgan fingerprint density at radius 2 is 2.00 bits per heavy atom. The molecule has 1 aromatic heterocycles. The van der Waals surface area contributed by atoms with Crippen molar-refractivity contribution in [2.45, 2.75) is 26.7 Å². The minimum absolute atomic E-state index is 0.0388. The molecular formula is C19H21N3O2S. The van der Waals surface area contributed by atoms with Crippen LogP contribution in [0.3, 0.4) is 0 Å². The molecule has 5 nitrogen and oxygen atoms in total. The van der Waals surface area contributed by atoms with Crippen LogP contribution in [0.4, 0.5) is 10.8 Å². The fraction of sp³-hybridized carbons (Fsp3) is 0.263. The highest BCUT2D eigenvalue weighted by Gasteiger charge is 2.09. The number of hydrogen-bond donors (Lipinski definition) is 2. The Morgan fingerprint density at radius 3 is 2.68 bits per heavy atom. The van der Waals surface area contributed by atoms with Gasteiger partial charge in [0.05, 0.1) is 10.2 Å². The van der Waals surface area contributed by atoms with Crippen molar-refractivity contribution in [2.24, 2.45) is 0 Å². The number of hydrogen-bond acceptors (Lipinski definition) is 5. The summed E-state index contributed by atoms with van der Waals surface area (Å²) in [6.07, 6.45) is 0. The van der Waals surface area contributed by atoms with Crippen molar-refractivity contribution in [3.63, 3.8) is 0 Å². The van der Waals surface area contributed by atoms with E-state index in [1.54, 1.807) is 0 Å². The summed E-state index contributed by atoms with van der Waals surface area (Å²) in [5, 5.41) is 3.38. The number of benzene rings is 2. The van der Waals surface area contributed by atoms with E-state index in [9.17, 15) is 4.79 Å². The molecule has 3 aromatic rings. The first-order chi connectivity index (χ1) is 11.9. The van der Waals surface area contributed by atoms with Crippen LogP contribution in [0.25, 0.3) is 10.2 Å². The van der Waals surface area contributed by atoms with Gasteiger partial charge in [0, 0.05) is 5.69 Å². The lowest BCUT2D eigenvalue weighted by molar-refractivity contribution is -0.118. The highest BCUT2D eigenvalue weighted by Crippen LogP contribution is 2.29. The number of thiazole rings is 1. The van der Waals surface area contributed by atoms with Gasteiger partial charge in [0.25, 0.3) is 5.91 Å². The Labute approximate surface area is 150 Å². The Kier molecular flexibility index (Phi) is 4.90. The lowest BCUT2D eigenvalue weighted by Gasteiger charge is -2.10. The van der Waals surface area contributed by atoms with Gasteiger partial charge in [-0.05, 0) is 48.2 Å². The maximum atomic E-state index is 12.1. The standard InChI is InChI=1S/C19H21N3O2S/c1-11(2)13-4-6-15(7-5-13)24-10-17(23)21-14-8-12(3)18-16(9-14)25-19(20)22-18/h4-9,11H,10H2,1-3H3,(H2,20,22)(H,21,23). The molecule has 0 saturated heterocycles. The number of fused-ring (bicyclic) bond motifs is 1. The van der Waals surface area contributed by atoms with Crippen LogP contribution in [-0.2, 0) is 4.79 Å². The Hall–Kier alpha value is -2.60. The predicted octanol–water partition coefficient (Wildman–Crippen LogP) is 4.33. The van der Waals surface area contributed by atoms with Crippen LogP contribution in [0.1, 0.15) is 30.9 Å². The van der Waals surface area contributed by atoms with Gasteiger partial charge in [-0.3, -0.25) is 4.79 Å². The second-order valence-corrected chi connectivity index (χ2v) is 7.31. The van der Waals surface area contributed by atoms with Crippen LogP contribution in [0, 0.1) is 6.92 Å². The van der Waals surface area contributed by atoms with E-state index in [1.807, 2.05) is 43.3 Å². The number of aryl methyl sites for hydroxylation is 1. The number of aromatic nitrogens is 1. The van der Waals surface area contributed by atoms with Crippen LogP contribution in [0.5, 0.6) is 5.75 Å². The van der Waals surface area contributed by atoms with Crippen molar-refractivity contribution in [3.8, 4) is 5.75 Å². The first kappa shape index (κ1) is 17.2. The fourth-order valence-corrected chi connectivity index (χ4v) is 3.43. The molecule has 0 aliphatic carbocycles. The maximum Gasteiger partial charge on any atom is 0.262 e. The van der Waals surface area contributed by atoms with Crippen LogP contribution in [0.2, 0.25) is 0 Å². The second-order valence-electron chi connectivity index (χ2n) is 6.25. The van der Waals surface area contributed by atoms with Gasteiger partial charge in [-0.15, -0.1) is 0 Å². The van der Waals surface area contributed by atoms with E-state index >= 15 is 0 Å². The summed E-state index contributed by atoms with van der Waals surface area (Å²) in [6, 6.07) is 11.6. The Bertz CT molecular complexity index is 901. The zero-order valence-corrected chi connectivity index (χ0v) is 15.3. The van der Waals surface area contributed by atoms with Gasteiger partial charge < -0.3 is 15.8 Å². The van der Waals surface area contributed by atoms with Crippen LogP contribution in [0.15, 0.2) is 36.4 Å². The molecule has 0 aliphatic rings. The highest BCUT2D eigenvalue weighted by atomic mass is 32.1. The van der Waals surface area contributed by atoms with E-state index < -0.39 is 0 Å². The van der Waals surface area contributed by atoms with Crippen molar-refractivity contribution in [1.82, 2.24) is 4.98 Å². The third-order valence-corrected chi connectivity index (χ3v) is 4.73. The molecule has 1 amide bonds. The normalized spacial score (nSPS) is 11.0. The third kappa shape index (κ3) is 4.09. The number of ether oxygens (including phenoxy) is 1. The number of rotatable bonds is 5. The number of anilines is 2. The van der Waals surface area contributed by atoms with Crippen molar-refractivity contribution in [2.75, 3.05) is 17.7 Å². The Morgan fingerprint density at radius 1 is 1.28 bits per heavy atom. The number of carbonyl (C=O) groups excluding carboxylic acids is 1. The molecule has 0 radical (unpaired) electrons. The Balaban J connectivity index is 1.62. The molecule has 3 rings (SSSR count). The first-order valence-electron chi connectivity index (χ1n) is 8.11. The summed E-state index contributed by atoms with van der Waals surface area (Å²) in [4.78, 5) is 16.4. The molecule has 0 saturated carbocycles. The molecule has 0 bridgehead atoms. The van der Waals surface area contributed by atoms with Crippen LogP contribution >= 0.6 is 11.3 Å². The van der Waals surface area contributed by atoms with Gasteiger partial charge in [0.15, 0.2) is 11.7 Å². The smallest absolute Gasteiger partial charge is 0.262 e. The molecular weight excluding hydrogens is 334 g/mol. The van der Waals surface area contributed by atoms with E-state index in [1.165, 1.54) is 16.9 Å². The minimum atomic E-state index is -0.204. The predicted molar refractivity (Wildman–Crippen MR) is 103 cm³/mol. The summed E-state index contributed by atoms with van der Waals surface area (Å²) >= 11 is 1.41. The first-order valence-corrected chi connectivity index (χ1v) is 8.93. The van der Waals surface area contributed by atoms with Gasteiger partial charge in [0.2, 0.25) is 0 Å². The molecule has 3 N–H and O–H groups in total. The van der Waals surface area contributed by atoms with Gasteiger partial charge in [-0.2, -0.15) is 0 Å². The van der Waals surface area contributed by atoms with Gasteiger partial charge >= 0.3 is 0 Å². The van der Waals surface area contributed by atoms with Gasteiger partial charge in [-0.25, -0.2) is 4.98 Å². The monoisotopic (exact) mass is 355 g/mol. The third-order valence-electron chi connectivity index (χ3n) is 3.90. The molecule has 1 heterocycles. The number of nitrogens with zero attached hydrogens (tertiary/aromatic N) is 1. The van der Waals surface area contributed by atoms with E-state index in [0.717, 1.165) is 21.5 Å². The van der Waals surface area contributed by atoms with E-state index in [-0.39, 0.29) is 12.5 Å². The minimum Gasteiger partial charge on any atom is -0.484 e. The van der Waals surface area contributed by atoms with Gasteiger partial charge in [-0.1, -0.05) is 37.3 Å². The summed E-state index contributed by atoms with van der Waals surface area (Å²) < 4.78 is 6.51. The molecule has 0 spiro atoms. The van der Waals surface area contributed by atoms with E-state index in [0.29, 0.717) is 16.8 Å².